The summed E-state index contributed by atoms with van der Waals surface area (Å²) in [6.45, 7) is 11.8. The lowest BCUT2D eigenvalue weighted by Crippen LogP contribution is -2.29. The molecule has 3 heteroatoms. The van der Waals surface area contributed by atoms with Crippen LogP contribution in [0.2, 0.25) is 19.6 Å². The van der Waals surface area contributed by atoms with E-state index in [2.05, 4.69) is 45.6 Å². The summed E-state index contributed by atoms with van der Waals surface area (Å²) in [5.41, 5.74) is 2.10. The minimum absolute atomic E-state index is 0.350. The number of fused-ring (bicyclic) bond motifs is 3. The highest BCUT2D eigenvalue weighted by molar-refractivity contribution is 6.70. The molecule has 0 aliphatic heterocycles. The number of methoxy groups -OCH3 is 1. The molecule has 0 aromatic carbocycles. The van der Waals surface area contributed by atoms with Crippen molar-refractivity contribution in [2.24, 2.45) is 23.2 Å². The fourth-order valence-corrected chi connectivity index (χ4v) is 6.22. The Labute approximate surface area is 149 Å². The third-order valence-corrected chi connectivity index (χ3v) is 7.30. The summed E-state index contributed by atoms with van der Waals surface area (Å²) in [5.74, 6) is 3.65. The monoisotopic (exact) mass is 348 g/mol. The third kappa shape index (κ3) is 3.67. The molecule has 0 saturated heterocycles. The van der Waals surface area contributed by atoms with Gasteiger partial charge in [-0.1, -0.05) is 19.9 Å². The van der Waals surface area contributed by atoms with Crippen molar-refractivity contribution >= 4 is 8.32 Å². The highest BCUT2D eigenvalue weighted by Gasteiger charge is 2.64. The summed E-state index contributed by atoms with van der Waals surface area (Å²) in [6, 6.07) is 0. The van der Waals surface area contributed by atoms with E-state index in [0.29, 0.717) is 17.4 Å². The molecule has 0 bridgehead atoms. The van der Waals surface area contributed by atoms with E-state index in [9.17, 15) is 0 Å². The highest BCUT2D eigenvalue weighted by atomic mass is 28.4. The largest absolute Gasteiger partial charge is 0.548 e. The molecule has 3 rings (SSSR count). The number of ether oxygens (including phenoxy) is 1. The van der Waals surface area contributed by atoms with Crippen LogP contribution < -0.4 is 0 Å². The summed E-state index contributed by atoms with van der Waals surface area (Å²) in [4.78, 5) is 0. The van der Waals surface area contributed by atoms with Gasteiger partial charge in [-0.05, 0) is 86.6 Å². The predicted octanol–water partition coefficient (Wildman–Crippen LogP) is 5.92. The van der Waals surface area contributed by atoms with Crippen LogP contribution >= 0.6 is 0 Å². The van der Waals surface area contributed by atoms with Crippen molar-refractivity contribution in [2.45, 2.75) is 78.1 Å². The van der Waals surface area contributed by atoms with E-state index in [1.165, 1.54) is 31.4 Å². The Morgan fingerprint density at radius 2 is 1.83 bits per heavy atom. The van der Waals surface area contributed by atoms with E-state index in [1.54, 1.807) is 5.57 Å². The first-order valence-corrected chi connectivity index (χ1v) is 13.3. The summed E-state index contributed by atoms with van der Waals surface area (Å²) in [6.07, 6.45) is 12.4. The van der Waals surface area contributed by atoms with E-state index < -0.39 is 8.32 Å². The highest BCUT2D eigenvalue weighted by Crippen LogP contribution is 2.69. The van der Waals surface area contributed by atoms with E-state index in [0.717, 1.165) is 24.7 Å². The van der Waals surface area contributed by atoms with Crippen LogP contribution in [0.15, 0.2) is 23.5 Å². The maximum absolute atomic E-state index is 6.39. The second-order valence-corrected chi connectivity index (χ2v) is 14.0. The van der Waals surface area contributed by atoms with Gasteiger partial charge in [0.05, 0.1) is 11.9 Å². The molecule has 2 fully saturated rings. The van der Waals surface area contributed by atoms with Gasteiger partial charge in [-0.2, -0.15) is 0 Å². The lowest BCUT2D eigenvalue weighted by atomic mass is 9.78. The Bertz CT molecular complexity index is 526. The van der Waals surface area contributed by atoms with Crippen LogP contribution in [0.1, 0.15) is 52.4 Å². The average molecular weight is 349 g/mol. The number of hydrogen-bond acceptors (Lipinski definition) is 2. The minimum Gasteiger partial charge on any atom is -0.548 e. The van der Waals surface area contributed by atoms with Crippen molar-refractivity contribution in [1.82, 2.24) is 0 Å². The van der Waals surface area contributed by atoms with Crippen molar-refractivity contribution in [1.29, 1.82) is 0 Å². The van der Waals surface area contributed by atoms with E-state index >= 15 is 0 Å². The minimum atomic E-state index is -1.52. The summed E-state index contributed by atoms with van der Waals surface area (Å²) >= 11 is 0. The third-order valence-electron chi connectivity index (χ3n) is 6.42. The van der Waals surface area contributed by atoms with Gasteiger partial charge in [-0.15, -0.1) is 0 Å². The molecule has 2 nitrogen and oxygen atoms in total. The van der Waals surface area contributed by atoms with Crippen molar-refractivity contribution in [3.8, 4) is 0 Å². The lowest BCUT2D eigenvalue weighted by Gasteiger charge is -2.33. The maximum atomic E-state index is 6.39. The standard InChI is InChI=1S/C21H36O2Si/c1-21(2)18-14-19(22-3)16-11-9-7-8-10-15(23-24(4,5)6)12-13-17(16)20(18)21/h10-11,17-20H,7-9,12-14H2,1-6H3/t17-,18-,19-,20+/m1/s1. The van der Waals surface area contributed by atoms with E-state index in [-0.39, 0.29) is 0 Å². The molecule has 4 atom stereocenters. The molecule has 0 aromatic rings. The van der Waals surface area contributed by atoms with Crippen LogP contribution in [-0.4, -0.2) is 21.5 Å². The fourth-order valence-electron chi connectivity index (χ4n) is 5.25. The van der Waals surface area contributed by atoms with Crippen LogP contribution in [0.5, 0.6) is 0 Å². The Hall–Kier alpha value is -0.543. The number of allylic oxidation sites excluding steroid dienone is 3. The second kappa shape index (κ2) is 6.64. The summed E-state index contributed by atoms with van der Waals surface area (Å²) in [5, 5.41) is 0. The molecule has 24 heavy (non-hydrogen) atoms. The van der Waals surface area contributed by atoms with Crippen molar-refractivity contribution < 1.29 is 9.16 Å². The first-order valence-electron chi connectivity index (χ1n) is 9.85. The zero-order valence-corrected chi connectivity index (χ0v) is 17.5. The zero-order valence-electron chi connectivity index (χ0n) is 16.5. The molecule has 0 heterocycles. The van der Waals surface area contributed by atoms with Crippen LogP contribution in [-0.2, 0) is 9.16 Å². The molecular weight excluding hydrogens is 312 g/mol. The first-order chi connectivity index (χ1) is 11.2. The molecule has 136 valence electrons. The second-order valence-electron chi connectivity index (χ2n) is 9.58. The molecular formula is C21H36O2Si. The Kier molecular flexibility index (Phi) is 5.05. The van der Waals surface area contributed by atoms with Gasteiger partial charge < -0.3 is 9.16 Å². The van der Waals surface area contributed by atoms with Gasteiger partial charge in [0.15, 0.2) is 0 Å². The summed E-state index contributed by atoms with van der Waals surface area (Å²) < 4.78 is 12.3. The van der Waals surface area contributed by atoms with Crippen molar-refractivity contribution in [3.05, 3.63) is 23.5 Å². The van der Waals surface area contributed by atoms with E-state index in [1.807, 2.05) is 7.11 Å². The normalized spacial score (nSPS) is 35.9. The fraction of sp³-hybridized carbons (Fsp3) is 0.810. The predicted molar refractivity (Wildman–Crippen MR) is 103 cm³/mol. The maximum Gasteiger partial charge on any atom is 0.241 e. The van der Waals surface area contributed by atoms with Crippen LogP contribution in [0.3, 0.4) is 0 Å². The smallest absolute Gasteiger partial charge is 0.241 e. The number of hydrogen-bond donors (Lipinski definition) is 0. The Morgan fingerprint density at radius 1 is 1.12 bits per heavy atom. The average Bonchev–Trinajstić information content (AvgIpc) is 3.04. The van der Waals surface area contributed by atoms with E-state index in [4.69, 9.17) is 9.16 Å². The van der Waals surface area contributed by atoms with Crippen molar-refractivity contribution in [2.75, 3.05) is 7.11 Å². The van der Waals surface area contributed by atoms with Crippen molar-refractivity contribution in [3.63, 3.8) is 0 Å². The van der Waals surface area contributed by atoms with Gasteiger partial charge in [0.25, 0.3) is 0 Å². The molecule has 3 aliphatic rings. The number of rotatable bonds is 3. The molecule has 0 aromatic heterocycles. The van der Waals surface area contributed by atoms with Crippen LogP contribution in [0, 0.1) is 23.2 Å². The van der Waals surface area contributed by atoms with Gasteiger partial charge in [-0.25, -0.2) is 0 Å². The van der Waals surface area contributed by atoms with Crippen LogP contribution in [0.25, 0.3) is 0 Å². The SMILES string of the molecule is CO[C@@H]1C[C@@H]2[C@H]([C@@H]3CCC(O[Si](C)(C)C)=CCCCC=C31)C2(C)C. The topological polar surface area (TPSA) is 18.5 Å². The van der Waals surface area contributed by atoms with Gasteiger partial charge in [0.1, 0.15) is 0 Å². The Balaban J connectivity index is 1.81. The first kappa shape index (κ1) is 18.3. The van der Waals surface area contributed by atoms with Gasteiger partial charge in [-0.3, -0.25) is 0 Å². The molecule has 0 radical (unpaired) electrons. The lowest BCUT2D eigenvalue weighted by molar-refractivity contribution is 0.0906. The van der Waals surface area contributed by atoms with Gasteiger partial charge in [0, 0.05) is 13.5 Å². The Morgan fingerprint density at radius 3 is 2.50 bits per heavy atom. The molecule has 0 unspecified atom stereocenters. The van der Waals surface area contributed by atoms with Crippen LogP contribution in [0.4, 0.5) is 0 Å². The summed E-state index contributed by atoms with van der Waals surface area (Å²) in [7, 11) is 0.381. The van der Waals surface area contributed by atoms with Gasteiger partial charge in [0.2, 0.25) is 8.32 Å². The zero-order chi connectivity index (χ0) is 17.5. The molecule has 0 N–H and O–H groups in total. The molecule has 0 amide bonds. The molecule has 3 aliphatic carbocycles. The van der Waals surface area contributed by atoms with Gasteiger partial charge >= 0.3 is 0 Å². The molecule has 0 spiro atoms. The molecule has 2 saturated carbocycles. The quantitative estimate of drug-likeness (QED) is 0.465.